The molecule has 3 rings (SSSR count). The van der Waals surface area contributed by atoms with Gasteiger partial charge in [0, 0.05) is 18.2 Å². The number of carbonyl (C=O) groups excluding carboxylic acids is 2. The molecule has 3 aromatic rings. The molecule has 6 nitrogen and oxygen atoms in total. The van der Waals surface area contributed by atoms with Gasteiger partial charge in [-0.2, -0.15) is 0 Å². The van der Waals surface area contributed by atoms with Crippen LogP contribution in [0.2, 0.25) is 0 Å². The van der Waals surface area contributed by atoms with Gasteiger partial charge >= 0.3 is 0 Å². The molecule has 186 valence electrons. The van der Waals surface area contributed by atoms with E-state index in [2.05, 4.69) is 55.7 Å². The van der Waals surface area contributed by atoms with E-state index in [1.54, 1.807) is 0 Å². The number of anilines is 1. The van der Waals surface area contributed by atoms with Crippen molar-refractivity contribution in [3.05, 3.63) is 77.9 Å². The van der Waals surface area contributed by atoms with Gasteiger partial charge in [-0.05, 0) is 65.3 Å². The van der Waals surface area contributed by atoms with Gasteiger partial charge in [-0.3, -0.25) is 9.59 Å². The minimum atomic E-state index is -0.645. The summed E-state index contributed by atoms with van der Waals surface area (Å²) in [7, 11) is 0. The zero-order valence-corrected chi connectivity index (χ0v) is 21.0. The fraction of sp³-hybridized carbons (Fsp3) is 0.379. The second kappa shape index (κ2) is 12.0. The Labute approximate surface area is 208 Å². The van der Waals surface area contributed by atoms with Crippen molar-refractivity contribution in [3.8, 4) is 0 Å². The smallest absolute Gasteiger partial charge is 0.237 e. The molecule has 6 heteroatoms. The summed E-state index contributed by atoms with van der Waals surface area (Å²) in [6, 6.07) is 21.1. The van der Waals surface area contributed by atoms with Gasteiger partial charge in [-0.1, -0.05) is 75.4 Å². The zero-order chi connectivity index (χ0) is 25.4. The number of nitrogens with one attached hydrogen (secondary N) is 2. The van der Waals surface area contributed by atoms with Crippen molar-refractivity contribution in [3.63, 3.8) is 0 Å². The molecule has 2 amide bonds. The molecule has 0 saturated heterocycles. The lowest BCUT2D eigenvalue weighted by molar-refractivity contribution is -0.123. The van der Waals surface area contributed by atoms with Crippen molar-refractivity contribution in [2.75, 3.05) is 11.9 Å². The van der Waals surface area contributed by atoms with Crippen LogP contribution in [0.4, 0.5) is 5.69 Å². The van der Waals surface area contributed by atoms with Gasteiger partial charge in [-0.25, -0.2) is 0 Å². The summed E-state index contributed by atoms with van der Waals surface area (Å²) >= 11 is 0. The Kier molecular flexibility index (Phi) is 9.01. The molecular weight excluding hydrogens is 436 g/mol. The maximum absolute atomic E-state index is 12.9. The fourth-order valence-electron chi connectivity index (χ4n) is 4.08. The van der Waals surface area contributed by atoms with E-state index in [0.29, 0.717) is 25.8 Å². The standard InChI is InChI=1S/C29H38N4O2/c1-29(2,3)23-13-10-20(11-14-23)17-25(33-28(35)26(31)9-6-16-30)19-27(34)32-24-15-12-21-7-4-5-8-22(21)18-24/h4-5,7-8,10-15,18,25-26H,6,9,16-17,19,30-31H2,1-3H3,(H,32,34)(H,33,35)/t25-,26-/m0/s1. The normalized spacial score (nSPS) is 13.3. The molecule has 0 fully saturated rings. The van der Waals surface area contributed by atoms with E-state index in [0.717, 1.165) is 22.0 Å². The highest BCUT2D eigenvalue weighted by Gasteiger charge is 2.21. The summed E-state index contributed by atoms with van der Waals surface area (Å²) in [6.07, 6.45) is 1.86. The molecule has 0 aromatic heterocycles. The topological polar surface area (TPSA) is 110 Å². The molecule has 3 aromatic carbocycles. The first-order valence-electron chi connectivity index (χ1n) is 12.3. The molecule has 2 atom stereocenters. The third-order valence-corrected chi connectivity index (χ3v) is 6.17. The van der Waals surface area contributed by atoms with Gasteiger partial charge in [0.05, 0.1) is 6.04 Å². The van der Waals surface area contributed by atoms with Gasteiger partial charge in [0.15, 0.2) is 0 Å². The molecule has 0 saturated carbocycles. The molecule has 0 aliphatic heterocycles. The van der Waals surface area contributed by atoms with Crippen molar-refractivity contribution < 1.29 is 9.59 Å². The number of benzene rings is 3. The summed E-state index contributed by atoms with van der Waals surface area (Å²) in [5, 5.41) is 8.15. The maximum Gasteiger partial charge on any atom is 0.237 e. The van der Waals surface area contributed by atoms with E-state index >= 15 is 0 Å². The van der Waals surface area contributed by atoms with Crippen molar-refractivity contribution >= 4 is 28.3 Å². The monoisotopic (exact) mass is 474 g/mol. The predicted molar refractivity (Wildman–Crippen MR) is 144 cm³/mol. The molecule has 0 bridgehead atoms. The quantitative estimate of drug-likeness (QED) is 0.352. The first kappa shape index (κ1) is 26.4. The van der Waals surface area contributed by atoms with Crippen LogP contribution in [0.5, 0.6) is 0 Å². The Bertz CT molecular complexity index is 1140. The Balaban J connectivity index is 1.71. The van der Waals surface area contributed by atoms with Crippen molar-refractivity contribution in [2.24, 2.45) is 11.5 Å². The minimum Gasteiger partial charge on any atom is -0.351 e. The van der Waals surface area contributed by atoms with Crippen LogP contribution in [0.15, 0.2) is 66.7 Å². The number of rotatable bonds is 10. The number of hydrogen-bond donors (Lipinski definition) is 4. The highest BCUT2D eigenvalue weighted by atomic mass is 16.2. The van der Waals surface area contributed by atoms with Gasteiger partial charge in [0.2, 0.25) is 11.8 Å². The highest BCUT2D eigenvalue weighted by molar-refractivity contribution is 5.95. The molecule has 0 heterocycles. The SMILES string of the molecule is CC(C)(C)c1ccc(C[C@@H](CC(=O)Nc2ccc3ccccc3c2)NC(=O)[C@@H](N)CCCN)cc1. The third-order valence-electron chi connectivity index (χ3n) is 6.17. The molecule has 0 spiro atoms. The average Bonchev–Trinajstić information content (AvgIpc) is 2.82. The Morgan fingerprint density at radius 3 is 2.29 bits per heavy atom. The number of nitrogens with two attached hydrogens (primary N) is 2. The molecule has 0 aliphatic carbocycles. The van der Waals surface area contributed by atoms with Crippen LogP contribution >= 0.6 is 0 Å². The summed E-state index contributed by atoms with van der Waals surface area (Å²) in [4.78, 5) is 25.7. The summed E-state index contributed by atoms with van der Waals surface area (Å²) < 4.78 is 0. The first-order valence-corrected chi connectivity index (χ1v) is 12.3. The fourth-order valence-corrected chi connectivity index (χ4v) is 4.08. The van der Waals surface area contributed by atoms with Crippen LogP contribution in [-0.2, 0) is 21.4 Å². The highest BCUT2D eigenvalue weighted by Crippen LogP contribution is 2.23. The van der Waals surface area contributed by atoms with Crippen LogP contribution < -0.4 is 22.1 Å². The number of amides is 2. The second-order valence-electron chi connectivity index (χ2n) is 10.2. The van der Waals surface area contributed by atoms with Gasteiger partial charge in [-0.15, -0.1) is 0 Å². The van der Waals surface area contributed by atoms with Gasteiger partial charge < -0.3 is 22.1 Å². The summed E-state index contributed by atoms with van der Waals surface area (Å²) in [5.74, 6) is -0.416. The van der Waals surface area contributed by atoms with Gasteiger partial charge in [0.25, 0.3) is 0 Å². The molecule has 6 N–H and O–H groups in total. The second-order valence-corrected chi connectivity index (χ2v) is 10.2. The number of hydrogen-bond acceptors (Lipinski definition) is 4. The lowest BCUT2D eigenvalue weighted by Crippen LogP contribution is -2.47. The van der Waals surface area contributed by atoms with E-state index in [1.807, 2.05) is 42.5 Å². The summed E-state index contributed by atoms with van der Waals surface area (Å²) in [6.45, 7) is 7.00. The minimum absolute atomic E-state index is 0.0572. The Morgan fingerprint density at radius 1 is 0.943 bits per heavy atom. The number of carbonyl (C=O) groups is 2. The predicted octanol–water partition coefficient (Wildman–Crippen LogP) is 4.26. The van der Waals surface area contributed by atoms with E-state index in [-0.39, 0.29) is 29.7 Å². The maximum atomic E-state index is 12.9. The van der Waals surface area contributed by atoms with Crippen LogP contribution in [0.1, 0.15) is 51.2 Å². The average molecular weight is 475 g/mol. The van der Waals surface area contributed by atoms with Crippen molar-refractivity contribution in [1.29, 1.82) is 0 Å². The molecule has 0 radical (unpaired) electrons. The van der Waals surface area contributed by atoms with Crippen LogP contribution in [-0.4, -0.2) is 30.4 Å². The van der Waals surface area contributed by atoms with Gasteiger partial charge in [0.1, 0.15) is 0 Å². The molecule has 0 aliphatic rings. The first-order chi connectivity index (χ1) is 16.7. The van der Waals surface area contributed by atoms with Crippen LogP contribution in [0, 0.1) is 0 Å². The van der Waals surface area contributed by atoms with Crippen LogP contribution in [0.25, 0.3) is 10.8 Å². The molecule has 0 unspecified atom stereocenters. The third kappa shape index (κ3) is 7.91. The zero-order valence-electron chi connectivity index (χ0n) is 21.0. The molecular formula is C29H38N4O2. The Hall–Kier alpha value is -3.22. The number of fused-ring (bicyclic) bond motifs is 1. The lowest BCUT2D eigenvalue weighted by Gasteiger charge is -2.22. The molecule has 35 heavy (non-hydrogen) atoms. The van der Waals surface area contributed by atoms with E-state index in [4.69, 9.17) is 11.5 Å². The van der Waals surface area contributed by atoms with Crippen molar-refractivity contribution in [2.45, 2.75) is 64.0 Å². The summed E-state index contributed by atoms with van der Waals surface area (Å²) in [5.41, 5.74) is 14.7. The lowest BCUT2D eigenvalue weighted by atomic mass is 9.86. The Morgan fingerprint density at radius 2 is 1.63 bits per heavy atom. The van der Waals surface area contributed by atoms with E-state index < -0.39 is 6.04 Å². The van der Waals surface area contributed by atoms with Crippen LogP contribution in [0.3, 0.4) is 0 Å². The van der Waals surface area contributed by atoms with E-state index in [1.165, 1.54) is 5.56 Å². The van der Waals surface area contributed by atoms with E-state index in [9.17, 15) is 9.59 Å². The van der Waals surface area contributed by atoms with Crippen molar-refractivity contribution in [1.82, 2.24) is 5.32 Å². The largest absolute Gasteiger partial charge is 0.351 e.